The highest BCUT2D eigenvalue weighted by Gasteiger charge is 2.35. The summed E-state index contributed by atoms with van der Waals surface area (Å²) in [4.78, 5) is 22.6. The van der Waals surface area contributed by atoms with Gasteiger partial charge in [0.15, 0.2) is 0 Å². The molecule has 1 aliphatic heterocycles. The molecular formula is C20H32O6. The van der Waals surface area contributed by atoms with Gasteiger partial charge in [-0.05, 0) is 31.8 Å². The van der Waals surface area contributed by atoms with Crippen molar-refractivity contribution in [3.8, 4) is 0 Å². The number of unbranched alkanes of at least 4 members (excludes halogenated alkanes) is 2. The Hall–Kier alpha value is -1.66. The van der Waals surface area contributed by atoms with Crippen LogP contribution in [0.3, 0.4) is 0 Å². The quantitative estimate of drug-likeness (QED) is 0.272. The lowest BCUT2D eigenvalue weighted by atomic mass is 9.87. The van der Waals surface area contributed by atoms with E-state index in [0.29, 0.717) is 18.9 Å². The molecule has 0 spiro atoms. The standard InChI is InChI=1S/C20H32O6/c1-2-3-6-9-15(21)12-13-18-16(17(22)14-20(25)26-18)10-7-4-5-8-11-19(23)24/h4,7,12-13,15-18,21-22H,2-3,5-6,8-11,14H2,1H3,(H,23,24)/b7-4-,13-12+/t15-,16-,17-,18+/m0/s1/i4T,7T,12T,15T,16T,17T,18T. The Balaban J connectivity index is 3.36. The number of carbonyl (C=O) groups excluding carboxylic acids is 1. The molecule has 0 saturated carbocycles. The smallest absolute Gasteiger partial charge is 0.309 e. The van der Waals surface area contributed by atoms with Crippen molar-refractivity contribution >= 4 is 11.9 Å². The van der Waals surface area contributed by atoms with Gasteiger partial charge in [0.25, 0.3) is 0 Å². The number of esters is 1. The molecule has 1 saturated heterocycles. The first kappa shape index (κ1) is 13.5. The fraction of sp³-hybridized carbons (Fsp3) is 0.700. The van der Waals surface area contributed by atoms with Crippen LogP contribution >= 0.6 is 0 Å². The summed E-state index contributed by atoms with van der Waals surface area (Å²) in [6.45, 7) is 1.90. The second kappa shape index (κ2) is 12.7. The van der Waals surface area contributed by atoms with Gasteiger partial charge in [0.05, 0.1) is 26.8 Å². The lowest BCUT2D eigenvalue weighted by molar-refractivity contribution is -0.163. The van der Waals surface area contributed by atoms with E-state index in [1.54, 1.807) is 0 Å². The van der Waals surface area contributed by atoms with Crippen molar-refractivity contribution in [3.05, 3.63) is 24.2 Å². The molecule has 6 nitrogen and oxygen atoms in total. The average Bonchev–Trinajstić information content (AvgIpc) is 2.65. The molecule has 1 aliphatic rings. The maximum Gasteiger partial charge on any atom is 0.309 e. The number of carbonyl (C=O) groups is 2. The van der Waals surface area contributed by atoms with E-state index in [2.05, 4.69) is 0 Å². The van der Waals surface area contributed by atoms with Crippen molar-refractivity contribution in [2.24, 2.45) is 5.89 Å². The number of carboxylic acid groups (broad SMARTS) is 1. The van der Waals surface area contributed by atoms with E-state index in [1.165, 1.54) is 0 Å². The number of aliphatic carboxylic acids is 1. The van der Waals surface area contributed by atoms with Crippen LogP contribution in [-0.2, 0) is 14.3 Å². The SMILES string of the molecule is [3H]/C(CCCC(=O)O)=C(\[3H])C[C@@]1([3H])[C@@]([3H])(O)CC(=O)O[C@]1([3H])/C=C(\[3H])[C@@]([3H])(O)CCCCC. The van der Waals surface area contributed by atoms with Crippen LogP contribution in [0.5, 0.6) is 0 Å². The summed E-state index contributed by atoms with van der Waals surface area (Å²) in [5.74, 6) is -5.08. The normalized spacial score (nSPS) is 39.6. The first-order chi connectivity index (χ1) is 15.0. The van der Waals surface area contributed by atoms with Gasteiger partial charge in [-0.1, -0.05) is 44.3 Å². The summed E-state index contributed by atoms with van der Waals surface area (Å²) in [6.07, 6.45) is -8.37. The first-order valence-electron chi connectivity index (χ1n) is 12.2. The predicted octanol–water partition coefficient (Wildman–Crippen LogP) is 2.98. The van der Waals surface area contributed by atoms with E-state index >= 15 is 0 Å². The minimum Gasteiger partial charge on any atom is -0.481 e. The summed E-state index contributed by atoms with van der Waals surface area (Å²) in [6, 6.07) is -1.80. The fourth-order valence-electron chi connectivity index (χ4n) is 2.24. The van der Waals surface area contributed by atoms with Crippen molar-refractivity contribution < 1.29 is 39.2 Å². The van der Waals surface area contributed by atoms with Crippen LogP contribution in [0.25, 0.3) is 0 Å². The van der Waals surface area contributed by atoms with Gasteiger partial charge in [-0.3, -0.25) is 9.59 Å². The summed E-state index contributed by atoms with van der Waals surface area (Å²) in [5.41, 5.74) is 0. The number of hydrogen-bond donors (Lipinski definition) is 3. The zero-order chi connectivity index (χ0) is 25.7. The maximum atomic E-state index is 12.0. The molecule has 4 atom stereocenters. The van der Waals surface area contributed by atoms with Crippen molar-refractivity contribution in [1.82, 2.24) is 0 Å². The van der Waals surface area contributed by atoms with Crippen molar-refractivity contribution in [2.75, 3.05) is 0 Å². The largest absolute Gasteiger partial charge is 0.481 e. The van der Waals surface area contributed by atoms with Crippen LogP contribution in [0, 0.1) is 5.89 Å². The minimum atomic E-state index is -2.95. The highest BCUT2D eigenvalue weighted by Crippen LogP contribution is 2.27. The molecule has 6 heteroatoms. The third-order valence-electron chi connectivity index (χ3n) is 3.65. The Morgan fingerprint density at radius 1 is 1.46 bits per heavy atom. The molecule has 0 unspecified atom stereocenters. The Morgan fingerprint density at radius 2 is 2.23 bits per heavy atom. The predicted molar refractivity (Wildman–Crippen MR) is 98.5 cm³/mol. The Morgan fingerprint density at radius 3 is 2.92 bits per heavy atom. The van der Waals surface area contributed by atoms with Gasteiger partial charge in [-0.2, -0.15) is 0 Å². The number of carboxylic acids is 1. The topological polar surface area (TPSA) is 104 Å². The third kappa shape index (κ3) is 9.15. The molecule has 148 valence electrons. The molecule has 3 N–H and O–H groups in total. The highest BCUT2D eigenvalue weighted by atomic mass is 16.5. The molecule has 0 bridgehead atoms. The summed E-state index contributed by atoms with van der Waals surface area (Å²) < 4.78 is 62.4. The fourth-order valence-corrected chi connectivity index (χ4v) is 2.24. The number of cyclic esters (lactones) is 1. The van der Waals surface area contributed by atoms with Crippen LogP contribution < -0.4 is 0 Å². The van der Waals surface area contributed by atoms with Gasteiger partial charge in [0.1, 0.15) is 6.08 Å². The van der Waals surface area contributed by atoms with E-state index in [1.807, 2.05) is 6.92 Å². The van der Waals surface area contributed by atoms with Crippen molar-refractivity contribution in [1.29, 1.82) is 0 Å². The Kier molecular flexibility index (Phi) is 6.57. The molecule has 0 amide bonds. The van der Waals surface area contributed by atoms with Gasteiger partial charge in [0.2, 0.25) is 0 Å². The zero-order valence-electron chi connectivity index (χ0n) is 22.0. The molecule has 0 radical (unpaired) electrons. The monoisotopic (exact) mass is 382 g/mol. The molecule has 0 aliphatic carbocycles. The van der Waals surface area contributed by atoms with Crippen molar-refractivity contribution in [3.63, 3.8) is 0 Å². The molecule has 0 aromatic heterocycles. The molecule has 1 rings (SSSR count). The second-order valence-corrected chi connectivity index (χ2v) is 5.91. The van der Waals surface area contributed by atoms with Crippen LogP contribution in [0.15, 0.2) is 24.2 Å². The average molecular weight is 383 g/mol. The Bertz CT molecular complexity index is 798. The van der Waals surface area contributed by atoms with E-state index in [9.17, 15) is 19.8 Å². The van der Waals surface area contributed by atoms with E-state index in [-0.39, 0.29) is 31.7 Å². The number of ether oxygens (including phenoxy) is 1. The lowest BCUT2D eigenvalue weighted by Crippen LogP contribution is -2.41. The summed E-state index contributed by atoms with van der Waals surface area (Å²) in [5, 5.41) is 29.6. The molecule has 26 heavy (non-hydrogen) atoms. The summed E-state index contributed by atoms with van der Waals surface area (Å²) >= 11 is 0. The third-order valence-corrected chi connectivity index (χ3v) is 3.65. The van der Waals surface area contributed by atoms with Crippen LogP contribution in [0.2, 0.25) is 0 Å². The van der Waals surface area contributed by atoms with Crippen LogP contribution in [0.1, 0.15) is 74.3 Å². The number of aliphatic hydroxyl groups is 2. The molecule has 1 fully saturated rings. The van der Waals surface area contributed by atoms with Gasteiger partial charge in [0, 0.05) is 13.7 Å². The highest BCUT2D eigenvalue weighted by molar-refractivity contribution is 5.71. The van der Waals surface area contributed by atoms with Gasteiger partial charge < -0.3 is 20.1 Å². The molecule has 0 aromatic rings. The van der Waals surface area contributed by atoms with Gasteiger partial charge in [-0.25, -0.2) is 0 Å². The number of hydrogen-bond acceptors (Lipinski definition) is 5. The van der Waals surface area contributed by atoms with E-state index in [4.69, 9.17) is 19.4 Å². The molecule has 1 heterocycles. The Labute approximate surface area is 165 Å². The van der Waals surface area contributed by atoms with Gasteiger partial charge in [-0.15, -0.1) is 0 Å². The number of rotatable bonds is 12. The van der Waals surface area contributed by atoms with E-state index in [0.717, 1.165) is 6.42 Å². The van der Waals surface area contributed by atoms with Crippen LogP contribution in [-0.4, -0.2) is 45.5 Å². The molecular weight excluding hydrogens is 336 g/mol. The van der Waals surface area contributed by atoms with Crippen LogP contribution in [0.4, 0.5) is 0 Å². The minimum absolute atomic E-state index is 0.0358. The second-order valence-electron chi connectivity index (χ2n) is 5.91. The van der Waals surface area contributed by atoms with E-state index < -0.39 is 61.0 Å². The van der Waals surface area contributed by atoms with Crippen molar-refractivity contribution in [2.45, 2.75) is 83.0 Å². The lowest BCUT2D eigenvalue weighted by Gasteiger charge is -2.32. The zero-order valence-corrected chi connectivity index (χ0v) is 15.0. The summed E-state index contributed by atoms with van der Waals surface area (Å²) in [7, 11) is 0. The number of allylic oxidation sites excluding steroid dienone is 2. The maximum absolute atomic E-state index is 12.0. The first-order valence-corrected chi connectivity index (χ1v) is 8.75. The molecule has 0 aromatic carbocycles. The van der Waals surface area contributed by atoms with Gasteiger partial charge >= 0.3 is 11.9 Å².